The summed E-state index contributed by atoms with van der Waals surface area (Å²) in [4.78, 5) is 0. The molecule has 0 atom stereocenters. The van der Waals surface area contributed by atoms with E-state index in [-0.39, 0.29) is 0 Å². The average molecular weight is 341 g/mol. The fraction of sp³-hybridized carbons (Fsp3) is 0.200. The molecule has 0 aliphatic rings. The van der Waals surface area contributed by atoms with Gasteiger partial charge in [0.15, 0.2) is 0 Å². The molecule has 0 aromatic heterocycles. The van der Waals surface area contributed by atoms with E-state index >= 15 is 0 Å². The molecule has 19 heavy (non-hydrogen) atoms. The molecule has 0 aliphatic heterocycles. The summed E-state index contributed by atoms with van der Waals surface area (Å²) in [6.45, 7) is 3.41. The van der Waals surface area contributed by atoms with Crippen molar-refractivity contribution in [2.24, 2.45) is 0 Å². The van der Waals surface area contributed by atoms with Crippen LogP contribution in [0.2, 0.25) is 5.02 Å². The summed E-state index contributed by atoms with van der Waals surface area (Å²) >= 11 is 9.30. The van der Waals surface area contributed by atoms with Crippen molar-refractivity contribution in [1.82, 2.24) is 0 Å². The monoisotopic (exact) mass is 339 g/mol. The van der Waals surface area contributed by atoms with Crippen molar-refractivity contribution in [3.8, 4) is 5.75 Å². The summed E-state index contributed by atoms with van der Waals surface area (Å²) in [7, 11) is 0. The van der Waals surface area contributed by atoms with E-state index in [1.165, 1.54) is 5.56 Å². The van der Waals surface area contributed by atoms with E-state index < -0.39 is 0 Å². The molecule has 0 radical (unpaired) electrons. The molecule has 2 nitrogen and oxygen atoms in total. The van der Waals surface area contributed by atoms with Crippen molar-refractivity contribution >= 4 is 33.2 Å². The lowest BCUT2D eigenvalue weighted by Gasteiger charge is -2.10. The second-order valence-corrected chi connectivity index (χ2v) is 5.51. The quantitative estimate of drug-likeness (QED) is 0.782. The van der Waals surface area contributed by atoms with Gasteiger partial charge in [-0.2, -0.15) is 0 Å². The van der Waals surface area contributed by atoms with E-state index in [0.717, 1.165) is 22.5 Å². The Morgan fingerprint density at radius 1 is 1.16 bits per heavy atom. The molecule has 2 aromatic carbocycles. The highest BCUT2D eigenvalue weighted by Gasteiger charge is 2.01. The minimum atomic E-state index is 0.591. The lowest BCUT2D eigenvalue weighted by molar-refractivity contribution is 0.331. The largest absolute Gasteiger partial charge is 0.491 e. The molecule has 2 aromatic rings. The lowest BCUT2D eigenvalue weighted by Crippen LogP contribution is -2.11. The second-order valence-electron chi connectivity index (χ2n) is 4.22. The first-order chi connectivity index (χ1) is 9.15. The summed E-state index contributed by atoms with van der Waals surface area (Å²) in [5, 5.41) is 4.00. The Bertz CT molecular complexity index is 542. The van der Waals surface area contributed by atoms with Crippen LogP contribution in [0.4, 0.5) is 5.69 Å². The maximum absolute atomic E-state index is 5.87. The van der Waals surface area contributed by atoms with Gasteiger partial charge in [0.05, 0.1) is 4.47 Å². The molecule has 0 aliphatic carbocycles. The second kappa shape index (κ2) is 6.83. The Morgan fingerprint density at radius 2 is 1.89 bits per heavy atom. The maximum atomic E-state index is 5.87. The molecule has 100 valence electrons. The van der Waals surface area contributed by atoms with Gasteiger partial charge in [-0.25, -0.2) is 0 Å². The van der Waals surface area contributed by atoms with Crippen LogP contribution < -0.4 is 10.1 Å². The van der Waals surface area contributed by atoms with Crippen molar-refractivity contribution in [2.75, 3.05) is 18.5 Å². The average Bonchev–Trinajstić information content (AvgIpc) is 2.39. The number of halogens is 2. The molecular formula is C15H15BrClNO. The number of hydrogen-bond acceptors (Lipinski definition) is 2. The van der Waals surface area contributed by atoms with Crippen molar-refractivity contribution in [1.29, 1.82) is 0 Å². The van der Waals surface area contributed by atoms with Crippen molar-refractivity contribution < 1.29 is 4.74 Å². The molecule has 2 rings (SSSR count). The van der Waals surface area contributed by atoms with Crippen LogP contribution in [-0.2, 0) is 0 Å². The lowest BCUT2D eigenvalue weighted by atomic mass is 10.2. The van der Waals surface area contributed by atoms with Gasteiger partial charge in [-0.3, -0.25) is 0 Å². The number of benzene rings is 2. The zero-order chi connectivity index (χ0) is 13.7. The number of hydrogen-bond donors (Lipinski definition) is 1. The summed E-state index contributed by atoms with van der Waals surface area (Å²) in [5.74, 6) is 0.801. The molecule has 0 unspecified atom stereocenters. The molecule has 0 amide bonds. The van der Waals surface area contributed by atoms with Crippen LogP contribution in [-0.4, -0.2) is 13.2 Å². The van der Waals surface area contributed by atoms with Crippen LogP contribution in [0.1, 0.15) is 5.56 Å². The summed E-state index contributed by atoms with van der Waals surface area (Å²) in [5.41, 5.74) is 2.36. The Kier molecular flexibility index (Phi) is 5.11. The standard InChI is InChI=1S/C15H15BrClNO/c1-11-2-5-13(6-3-11)18-8-9-19-15-7-4-12(17)10-14(15)16/h2-7,10,18H,8-9H2,1H3. The van der Waals surface area contributed by atoms with Crippen LogP contribution >= 0.6 is 27.5 Å². The third kappa shape index (κ3) is 4.44. The number of ether oxygens (including phenoxy) is 1. The smallest absolute Gasteiger partial charge is 0.133 e. The summed E-state index contributed by atoms with van der Waals surface area (Å²) < 4.78 is 6.54. The third-order valence-corrected chi connectivity index (χ3v) is 3.49. The zero-order valence-electron chi connectivity index (χ0n) is 10.6. The third-order valence-electron chi connectivity index (χ3n) is 2.63. The highest BCUT2D eigenvalue weighted by molar-refractivity contribution is 9.10. The first-order valence-corrected chi connectivity index (χ1v) is 7.20. The van der Waals surface area contributed by atoms with Gasteiger partial charge in [0, 0.05) is 17.3 Å². The SMILES string of the molecule is Cc1ccc(NCCOc2ccc(Cl)cc2Br)cc1. The van der Waals surface area contributed by atoms with Crippen molar-refractivity contribution in [3.05, 3.63) is 57.5 Å². The molecule has 4 heteroatoms. The number of nitrogens with one attached hydrogen (secondary N) is 1. The fourth-order valence-electron chi connectivity index (χ4n) is 1.62. The van der Waals surface area contributed by atoms with Gasteiger partial charge in [0.25, 0.3) is 0 Å². The zero-order valence-corrected chi connectivity index (χ0v) is 13.0. The summed E-state index contributed by atoms with van der Waals surface area (Å²) in [6.07, 6.45) is 0. The van der Waals surface area contributed by atoms with Gasteiger partial charge in [-0.15, -0.1) is 0 Å². The van der Waals surface area contributed by atoms with Gasteiger partial charge in [-0.05, 0) is 53.2 Å². The van der Waals surface area contributed by atoms with Gasteiger partial charge in [0.2, 0.25) is 0 Å². The minimum Gasteiger partial charge on any atom is -0.491 e. The Hall–Kier alpha value is -1.19. The Morgan fingerprint density at radius 3 is 2.58 bits per heavy atom. The minimum absolute atomic E-state index is 0.591. The van der Waals surface area contributed by atoms with Crippen LogP contribution in [0.15, 0.2) is 46.9 Å². The first kappa shape index (κ1) is 14.2. The van der Waals surface area contributed by atoms with E-state index in [0.29, 0.717) is 11.6 Å². The molecule has 1 N–H and O–H groups in total. The van der Waals surface area contributed by atoms with Crippen molar-refractivity contribution in [3.63, 3.8) is 0 Å². The molecule has 0 saturated carbocycles. The Labute approximate surface area is 126 Å². The van der Waals surface area contributed by atoms with Gasteiger partial charge >= 0.3 is 0 Å². The molecule has 0 bridgehead atoms. The van der Waals surface area contributed by atoms with E-state index in [2.05, 4.69) is 52.4 Å². The normalized spacial score (nSPS) is 10.3. The van der Waals surface area contributed by atoms with Crippen molar-refractivity contribution in [2.45, 2.75) is 6.92 Å². The van der Waals surface area contributed by atoms with Crippen LogP contribution in [0, 0.1) is 6.92 Å². The Balaban J connectivity index is 1.79. The molecule has 0 spiro atoms. The predicted molar refractivity (Wildman–Crippen MR) is 84.3 cm³/mol. The van der Waals surface area contributed by atoms with Gasteiger partial charge in [0.1, 0.15) is 12.4 Å². The maximum Gasteiger partial charge on any atom is 0.133 e. The van der Waals surface area contributed by atoms with E-state index in [9.17, 15) is 0 Å². The van der Waals surface area contributed by atoms with E-state index in [4.69, 9.17) is 16.3 Å². The van der Waals surface area contributed by atoms with E-state index in [1.54, 1.807) is 0 Å². The number of rotatable bonds is 5. The highest BCUT2D eigenvalue weighted by atomic mass is 79.9. The van der Waals surface area contributed by atoms with Gasteiger partial charge < -0.3 is 10.1 Å². The topological polar surface area (TPSA) is 21.3 Å². The predicted octanol–water partition coefficient (Wildman–Crippen LogP) is 4.90. The molecule has 0 saturated heterocycles. The number of anilines is 1. The van der Waals surface area contributed by atoms with E-state index in [1.807, 2.05) is 18.2 Å². The van der Waals surface area contributed by atoms with Crippen LogP contribution in [0.25, 0.3) is 0 Å². The van der Waals surface area contributed by atoms with Gasteiger partial charge in [-0.1, -0.05) is 29.3 Å². The number of aryl methyl sites for hydroxylation is 1. The van der Waals surface area contributed by atoms with Crippen LogP contribution in [0.5, 0.6) is 5.75 Å². The molecular weight excluding hydrogens is 326 g/mol. The fourth-order valence-corrected chi connectivity index (χ4v) is 2.42. The summed E-state index contributed by atoms with van der Waals surface area (Å²) in [6, 6.07) is 13.8. The van der Waals surface area contributed by atoms with Crippen LogP contribution in [0.3, 0.4) is 0 Å². The highest BCUT2D eigenvalue weighted by Crippen LogP contribution is 2.27. The molecule has 0 heterocycles. The first-order valence-electron chi connectivity index (χ1n) is 6.03. The molecule has 0 fully saturated rings.